The molecule has 1 N–H and O–H groups in total. The lowest BCUT2D eigenvalue weighted by Gasteiger charge is -2.71. The summed E-state index contributed by atoms with van der Waals surface area (Å²) in [4.78, 5) is 12.2. The van der Waals surface area contributed by atoms with E-state index in [1.54, 1.807) is 0 Å². The molecule has 5 atom stereocenters. The van der Waals surface area contributed by atoms with E-state index < -0.39 is 5.60 Å². The number of rotatable bonds is 3. The fourth-order valence-corrected chi connectivity index (χ4v) is 6.02. The summed E-state index contributed by atoms with van der Waals surface area (Å²) >= 11 is 0. The van der Waals surface area contributed by atoms with Crippen LogP contribution in [0, 0.1) is 22.7 Å². The summed E-state index contributed by atoms with van der Waals surface area (Å²) in [6.07, 6.45) is 6.18. The van der Waals surface area contributed by atoms with Gasteiger partial charge in [0.1, 0.15) is 5.60 Å². The molecule has 0 aromatic heterocycles. The van der Waals surface area contributed by atoms with Gasteiger partial charge in [-0.2, -0.15) is 0 Å². The van der Waals surface area contributed by atoms with E-state index in [2.05, 4.69) is 20.8 Å². The van der Waals surface area contributed by atoms with Crippen molar-refractivity contribution in [3.05, 3.63) is 0 Å². The summed E-state index contributed by atoms with van der Waals surface area (Å²) in [6, 6.07) is 0. The van der Waals surface area contributed by atoms with Crippen molar-refractivity contribution >= 4 is 5.97 Å². The molecule has 0 aromatic carbocycles. The van der Waals surface area contributed by atoms with Crippen molar-refractivity contribution in [2.45, 2.75) is 76.9 Å². The molecular formula is C17H26O3. The molecule has 3 heteroatoms. The predicted octanol–water partition coefficient (Wildman–Crippen LogP) is 3.05. The Bertz CT molecular complexity index is 479. The number of hydrogen-bond donors (Lipinski definition) is 1. The van der Waals surface area contributed by atoms with Crippen LogP contribution in [-0.4, -0.2) is 22.3 Å². The van der Waals surface area contributed by atoms with Crippen LogP contribution in [0.2, 0.25) is 0 Å². The van der Waals surface area contributed by atoms with Gasteiger partial charge in [-0.3, -0.25) is 4.79 Å². The normalized spacial score (nSPS) is 51.2. The van der Waals surface area contributed by atoms with Gasteiger partial charge in [-0.05, 0) is 49.4 Å². The Labute approximate surface area is 121 Å². The molecule has 4 rings (SSSR count). The van der Waals surface area contributed by atoms with Crippen molar-refractivity contribution in [3.63, 3.8) is 0 Å². The lowest BCUT2D eigenvalue weighted by molar-refractivity contribution is -0.296. The average molecular weight is 278 g/mol. The number of hydrogen-bond acceptors (Lipinski definition) is 3. The monoisotopic (exact) mass is 278 g/mol. The fourth-order valence-electron chi connectivity index (χ4n) is 6.02. The van der Waals surface area contributed by atoms with Gasteiger partial charge in [0.05, 0.1) is 5.60 Å². The van der Waals surface area contributed by atoms with Gasteiger partial charge < -0.3 is 9.84 Å². The van der Waals surface area contributed by atoms with Crippen LogP contribution in [0.3, 0.4) is 0 Å². The molecular weight excluding hydrogens is 252 g/mol. The highest BCUT2D eigenvalue weighted by atomic mass is 16.6. The third-order valence-corrected chi connectivity index (χ3v) is 6.70. The number of carbonyl (C=O) groups excluding carboxylic acids is 1. The summed E-state index contributed by atoms with van der Waals surface area (Å²) in [5, 5.41) is 10.7. The molecule has 0 saturated heterocycles. The molecule has 0 aliphatic heterocycles. The molecule has 2 bridgehead atoms. The molecule has 4 fully saturated rings. The minimum Gasteiger partial charge on any atom is -0.458 e. The number of ether oxygens (including phenoxy) is 1. The Balaban J connectivity index is 1.47. The molecule has 1 spiro atoms. The highest BCUT2D eigenvalue weighted by Crippen LogP contribution is 2.84. The molecule has 0 amide bonds. The molecule has 0 aromatic rings. The zero-order valence-corrected chi connectivity index (χ0v) is 12.9. The minimum absolute atomic E-state index is 0.0467. The Morgan fingerprint density at radius 3 is 2.55 bits per heavy atom. The minimum atomic E-state index is -0.528. The summed E-state index contributed by atoms with van der Waals surface area (Å²) < 4.78 is 5.99. The first-order chi connectivity index (χ1) is 9.18. The molecule has 0 heterocycles. The predicted molar refractivity (Wildman–Crippen MR) is 75.0 cm³/mol. The topological polar surface area (TPSA) is 46.5 Å². The van der Waals surface area contributed by atoms with Crippen LogP contribution < -0.4 is 0 Å². The Kier molecular flexibility index (Phi) is 2.25. The van der Waals surface area contributed by atoms with Gasteiger partial charge in [0.2, 0.25) is 0 Å². The van der Waals surface area contributed by atoms with Crippen LogP contribution in [0.25, 0.3) is 0 Å². The standard InChI is InChI=1S/C17H26O3/c1-14(2,3)5-4-13(18)20-16-8-12-6-11-7-15(19,9-16)10-17(11,12)16/h11-12,19H,4-10H2,1-3H3. The van der Waals surface area contributed by atoms with Crippen molar-refractivity contribution in [1.29, 1.82) is 0 Å². The van der Waals surface area contributed by atoms with Gasteiger partial charge in [-0.15, -0.1) is 0 Å². The van der Waals surface area contributed by atoms with Gasteiger partial charge in [-0.1, -0.05) is 20.8 Å². The van der Waals surface area contributed by atoms with Crippen molar-refractivity contribution in [2.24, 2.45) is 22.7 Å². The van der Waals surface area contributed by atoms with Crippen molar-refractivity contribution in [3.8, 4) is 0 Å². The molecule has 3 nitrogen and oxygen atoms in total. The second-order valence-corrected chi connectivity index (χ2v) is 9.19. The van der Waals surface area contributed by atoms with E-state index in [4.69, 9.17) is 4.74 Å². The van der Waals surface area contributed by atoms with E-state index in [0.717, 1.165) is 31.6 Å². The molecule has 20 heavy (non-hydrogen) atoms. The van der Waals surface area contributed by atoms with Crippen LogP contribution in [0.4, 0.5) is 0 Å². The van der Waals surface area contributed by atoms with Gasteiger partial charge >= 0.3 is 5.97 Å². The molecule has 4 saturated carbocycles. The van der Waals surface area contributed by atoms with Gasteiger partial charge in [-0.25, -0.2) is 0 Å². The van der Waals surface area contributed by atoms with E-state index in [1.807, 2.05) is 0 Å². The SMILES string of the molecule is CC(C)(C)CCC(=O)OC12CC3CC4CC(O)(C1)CC432. The molecule has 0 radical (unpaired) electrons. The zero-order valence-electron chi connectivity index (χ0n) is 12.9. The Hall–Kier alpha value is -0.570. The van der Waals surface area contributed by atoms with E-state index in [-0.39, 0.29) is 22.4 Å². The highest BCUT2D eigenvalue weighted by molar-refractivity contribution is 5.70. The lowest BCUT2D eigenvalue weighted by atomic mass is 9.36. The Morgan fingerprint density at radius 2 is 1.95 bits per heavy atom. The van der Waals surface area contributed by atoms with Crippen LogP contribution >= 0.6 is 0 Å². The average Bonchev–Trinajstić information content (AvgIpc) is 2.68. The summed E-state index contributed by atoms with van der Waals surface area (Å²) in [6.45, 7) is 6.45. The maximum absolute atomic E-state index is 12.2. The summed E-state index contributed by atoms with van der Waals surface area (Å²) in [5.74, 6) is 1.30. The van der Waals surface area contributed by atoms with Crippen molar-refractivity contribution in [2.75, 3.05) is 0 Å². The first kappa shape index (κ1) is 13.1. The second kappa shape index (κ2) is 3.43. The van der Waals surface area contributed by atoms with Crippen molar-refractivity contribution < 1.29 is 14.6 Å². The van der Waals surface area contributed by atoms with Crippen LogP contribution in [0.1, 0.15) is 65.7 Å². The summed E-state index contributed by atoms with van der Waals surface area (Å²) in [5.41, 5.74) is -0.467. The van der Waals surface area contributed by atoms with Crippen LogP contribution in [0.5, 0.6) is 0 Å². The number of esters is 1. The first-order valence-electron chi connectivity index (χ1n) is 8.12. The van der Waals surface area contributed by atoms with Crippen LogP contribution in [-0.2, 0) is 9.53 Å². The molecule has 4 aliphatic rings. The largest absolute Gasteiger partial charge is 0.458 e. The first-order valence-corrected chi connectivity index (χ1v) is 8.12. The van der Waals surface area contributed by atoms with Gasteiger partial charge in [0.15, 0.2) is 0 Å². The summed E-state index contributed by atoms with van der Waals surface area (Å²) in [7, 11) is 0. The second-order valence-electron chi connectivity index (χ2n) is 9.19. The maximum atomic E-state index is 12.2. The van der Waals surface area contributed by atoms with E-state index >= 15 is 0 Å². The molecule has 4 aliphatic carbocycles. The van der Waals surface area contributed by atoms with Crippen molar-refractivity contribution in [1.82, 2.24) is 0 Å². The van der Waals surface area contributed by atoms with E-state index in [0.29, 0.717) is 18.8 Å². The highest BCUT2D eigenvalue weighted by Gasteiger charge is 2.86. The van der Waals surface area contributed by atoms with Gasteiger partial charge in [0, 0.05) is 18.3 Å². The molecule has 112 valence electrons. The lowest BCUT2D eigenvalue weighted by Crippen LogP contribution is -2.72. The van der Waals surface area contributed by atoms with Gasteiger partial charge in [0.25, 0.3) is 0 Å². The Morgan fingerprint density at radius 1 is 1.25 bits per heavy atom. The third-order valence-electron chi connectivity index (χ3n) is 6.70. The maximum Gasteiger partial charge on any atom is 0.306 e. The zero-order chi connectivity index (χ0) is 14.4. The fraction of sp³-hybridized carbons (Fsp3) is 0.941. The van der Waals surface area contributed by atoms with Crippen LogP contribution in [0.15, 0.2) is 0 Å². The quantitative estimate of drug-likeness (QED) is 0.807. The smallest absolute Gasteiger partial charge is 0.306 e. The van der Waals surface area contributed by atoms with E-state index in [1.165, 1.54) is 6.42 Å². The number of carbonyl (C=O) groups is 1. The number of fused-ring (bicyclic) bond motifs is 1. The van der Waals surface area contributed by atoms with E-state index in [9.17, 15) is 9.90 Å². The third kappa shape index (κ3) is 1.43. The number of aliphatic hydroxyl groups is 1. The molecule has 5 unspecified atom stereocenters.